The minimum atomic E-state index is 0.697. The fraction of sp³-hybridized carbons (Fsp3) is 1.00. The summed E-state index contributed by atoms with van der Waals surface area (Å²) in [6.45, 7) is 12.1. The predicted octanol–water partition coefficient (Wildman–Crippen LogP) is 3.67. The van der Waals surface area contributed by atoms with Crippen LogP contribution in [0.2, 0.25) is 0 Å². The van der Waals surface area contributed by atoms with Crippen molar-refractivity contribution in [1.29, 1.82) is 0 Å². The van der Waals surface area contributed by atoms with Crippen LogP contribution in [0.15, 0.2) is 0 Å². The van der Waals surface area contributed by atoms with Crippen LogP contribution in [0.3, 0.4) is 0 Å². The van der Waals surface area contributed by atoms with E-state index in [2.05, 4.69) is 31.0 Å². The van der Waals surface area contributed by atoms with Gasteiger partial charge < -0.3 is 10.2 Å². The van der Waals surface area contributed by atoms with Crippen molar-refractivity contribution in [3.63, 3.8) is 0 Å². The molecule has 0 aromatic rings. The summed E-state index contributed by atoms with van der Waals surface area (Å²) in [5, 5.41) is 3.58. The normalized spacial score (nSPS) is 20.2. The zero-order valence-corrected chi connectivity index (χ0v) is 12.9. The number of piperidine rings is 1. The summed E-state index contributed by atoms with van der Waals surface area (Å²) in [4.78, 5) is 2.68. The molecule has 0 saturated carbocycles. The van der Waals surface area contributed by atoms with Gasteiger partial charge in [0.2, 0.25) is 0 Å². The number of nitrogens with one attached hydrogen (secondary N) is 1. The Morgan fingerprint density at radius 2 is 1.89 bits per heavy atom. The average Bonchev–Trinajstić information content (AvgIpc) is 2.39. The molecule has 0 spiro atoms. The van der Waals surface area contributed by atoms with Crippen LogP contribution >= 0.6 is 0 Å². The number of hydrogen-bond acceptors (Lipinski definition) is 2. The molecule has 0 amide bonds. The van der Waals surface area contributed by atoms with Gasteiger partial charge in [-0.3, -0.25) is 0 Å². The summed E-state index contributed by atoms with van der Waals surface area (Å²) in [7, 11) is 0. The zero-order valence-electron chi connectivity index (χ0n) is 12.9. The number of hydrogen-bond donors (Lipinski definition) is 1. The van der Waals surface area contributed by atoms with Crippen LogP contribution in [0.1, 0.15) is 65.7 Å². The standard InChI is InChI=1S/C16H34N2/c1-4-7-16-9-13-18(14-10-16)12-6-8-15(3)17-11-5-2/h15-17H,4-14H2,1-3H3. The van der Waals surface area contributed by atoms with E-state index in [-0.39, 0.29) is 0 Å². The second kappa shape index (κ2) is 9.80. The van der Waals surface area contributed by atoms with E-state index in [4.69, 9.17) is 0 Å². The Balaban J connectivity index is 2.00. The SMILES string of the molecule is CCCNC(C)CCCN1CCC(CCC)CC1. The largest absolute Gasteiger partial charge is 0.314 e. The van der Waals surface area contributed by atoms with Crippen molar-refractivity contribution in [3.05, 3.63) is 0 Å². The second-order valence-electron chi connectivity index (χ2n) is 6.07. The van der Waals surface area contributed by atoms with Gasteiger partial charge in [0, 0.05) is 6.04 Å². The third kappa shape index (κ3) is 6.75. The van der Waals surface area contributed by atoms with E-state index < -0.39 is 0 Å². The molecule has 0 aromatic carbocycles. The quantitative estimate of drug-likeness (QED) is 0.675. The van der Waals surface area contributed by atoms with Crippen molar-refractivity contribution in [2.75, 3.05) is 26.2 Å². The summed E-state index contributed by atoms with van der Waals surface area (Å²) in [5.41, 5.74) is 0. The van der Waals surface area contributed by atoms with E-state index >= 15 is 0 Å². The average molecular weight is 254 g/mol. The van der Waals surface area contributed by atoms with Crippen LogP contribution in [0.4, 0.5) is 0 Å². The topological polar surface area (TPSA) is 15.3 Å². The number of nitrogens with zero attached hydrogens (tertiary/aromatic N) is 1. The molecule has 108 valence electrons. The Morgan fingerprint density at radius 3 is 2.50 bits per heavy atom. The van der Waals surface area contributed by atoms with Crippen LogP contribution < -0.4 is 5.32 Å². The molecule has 1 unspecified atom stereocenters. The highest BCUT2D eigenvalue weighted by Gasteiger charge is 2.17. The summed E-state index contributed by atoms with van der Waals surface area (Å²) < 4.78 is 0. The minimum absolute atomic E-state index is 0.697. The van der Waals surface area contributed by atoms with Crippen LogP contribution in [-0.4, -0.2) is 37.1 Å². The van der Waals surface area contributed by atoms with Gasteiger partial charge in [0.05, 0.1) is 0 Å². The lowest BCUT2D eigenvalue weighted by molar-refractivity contribution is 0.174. The summed E-state index contributed by atoms with van der Waals surface area (Å²) in [6, 6.07) is 0.697. The lowest BCUT2D eigenvalue weighted by Gasteiger charge is -2.32. The number of rotatable bonds is 9. The van der Waals surface area contributed by atoms with Gasteiger partial charge in [-0.2, -0.15) is 0 Å². The molecule has 0 bridgehead atoms. The third-order valence-electron chi connectivity index (χ3n) is 4.26. The molecule has 1 saturated heterocycles. The molecular weight excluding hydrogens is 220 g/mol. The van der Waals surface area contributed by atoms with E-state index in [9.17, 15) is 0 Å². The number of likely N-dealkylation sites (tertiary alicyclic amines) is 1. The highest BCUT2D eigenvalue weighted by Crippen LogP contribution is 2.21. The monoisotopic (exact) mass is 254 g/mol. The second-order valence-corrected chi connectivity index (χ2v) is 6.07. The van der Waals surface area contributed by atoms with E-state index in [0.29, 0.717) is 6.04 Å². The van der Waals surface area contributed by atoms with Gasteiger partial charge in [-0.25, -0.2) is 0 Å². The fourth-order valence-electron chi connectivity index (χ4n) is 3.02. The smallest absolute Gasteiger partial charge is 0.00391 e. The molecule has 2 nitrogen and oxygen atoms in total. The van der Waals surface area contributed by atoms with Crippen molar-refractivity contribution in [2.24, 2.45) is 5.92 Å². The van der Waals surface area contributed by atoms with Gasteiger partial charge in [-0.05, 0) is 71.1 Å². The van der Waals surface area contributed by atoms with Gasteiger partial charge in [0.25, 0.3) is 0 Å². The van der Waals surface area contributed by atoms with E-state index in [1.807, 2.05) is 0 Å². The first-order valence-electron chi connectivity index (χ1n) is 8.22. The first kappa shape index (κ1) is 16.0. The molecule has 0 aromatic heterocycles. The lowest BCUT2D eigenvalue weighted by Crippen LogP contribution is -2.35. The molecule has 1 aliphatic heterocycles. The van der Waals surface area contributed by atoms with E-state index in [1.165, 1.54) is 71.1 Å². The Labute approximate surface area is 115 Å². The van der Waals surface area contributed by atoms with Crippen LogP contribution in [0.5, 0.6) is 0 Å². The molecule has 18 heavy (non-hydrogen) atoms. The van der Waals surface area contributed by atoms with Crippen molar-refractivity contribution in [2.45, 2.75) is 71.8 Å². The lowest BCUT2D eigenvalue weighted by atomic mass is 9.92. The highest BCUT2D eigenvalue weighted by molar-refractivity contribution is 4.72. The molecule has 1 rings (SSSR count). The molecule has 1 aliphatic rings. The van der Waals surface area contributed by atoms with Gasteiger partial charge in [-0.15, -0.1) is 0 Å². The fourth-order valence-corrected chi connectivity index (χ4v) is 3.02. The summed E-state index contributed by atoms with van der Waals surface area (Å²) >= 11 is 0. The van der Waals surface area contributed by atoms with E-state index in [0.717, 1.165) is 5.92 Å². The molecule has 1 fully saturated rings. The highest BCUT2D eigenvalue weighted by atomic mass is 15.1. The Kier molecular flexibility index (Phi) is 8.70. The molecule has 1 N–H and O–H groups in total. The van der Waals surface area contributed by atoms with Crippen molar-refractivity contribution in [3.8, 4) is 0 Å². The minimum Gasteiger partial charge on any atom is -0.314 e. The van der Waals surface area contributed by atoms with Gasteiger partial charge >= 0.3 is 0 Å². The molecule has 1 heterocycles. The first-order chi connectivity index (χ1) is 8.76. The van der Waals surface area contributed by atoms with E-state index in [1.54, 1.807) is 0 Å². The van der Waals surface area contributed by atoms with Gasteiger partial charge in [0.1, 0.15) is 0 Å². The molecule has 0 aliphatic carbocycles. The van der Waals surface area contributed by atoms with Crippen LogP contribution in [0, 0.1) is 5.92 Å². The predicted molar refractivity (Wildman–Crippen MR) is 81.1 cm³/mol. The van der Waals surface area contributed by atoms with Gasteiger partial charge in [0.15, 0.2) is 0 Å². The summed E-state index contributed by atoms with van der Waals surface area (Å²) in [5.74, 6) is 1.02. The van der Waals surface area contributed by atoms with Crippen LogP contribution in [-0.2, 0) is 0 Å². The first-order valence-corrected chi connectivity index (χ1v) is 8.22. The van der Waals surface area contributed by atoms with Gasteiger partial charge in [-0.1, -0.05) is 26.7 Å². The molecule has 1 atom stereocenters. The Bertz CT molecular complexity index is 186. The maximum Gasteiger partial charge on any atom is 0.00391 e. The van der Waals surface area contributed by atoms with Crippen LogP contribution in [0.25, 0.3) is 0 Å². The zero-order chi connectivity index (χ0) is 13.2. The van der Waals surface area contributed by atoms with Crippen molar-refractivity contribution >= 4 is 0 Å². The molecule has 0 radical (unpaired) electrons. The molecular formula is C16H34N2. The maximum absolute atomic E-state index is 3.58. The van der Waals surface area contributed by atoms with Crippen molar-refractivity contribution < 1.29 is 0 Å². The Hall–Kier alpha value is -0.0800. The molecule has 2 heteroatoms. The summed E-state index contributed by atoms with van der Waals surface area (Å²) in [6.07, 6.45) is 9.63. The maximum atomic E-state index is 3.58. The van der Waals surface area contributed by atoms with Crippen molar-refractivity contribution in [1.82, 2.24) is 10.2 Å². The third-order valence-corrected chi connectivity index (χ3v) is 4.26. The Morgan fingerprint density at radius 1 is 1.17 bits per heavy atom.